The summed E-state index contributed by atoms with van der Waals surface area (Å²) >= 11 is 0. The van der Waals surface area contributed by atoms with Crippen molar-refractivity contribution in [1.29, 1.82) is 0 Å². The summed E-state index contributed by atoms with van der Waals surface area (Å²) in [6.45, 7) is 6.01. The van der Waals surface area contributed by atoms with E-state index in [0.717, 1.165) is 0 Å². The van der Waals surface area contributed by atoms with Crippen molar-refractivity contribution in [2.45, 2.75) is 101 Å². The number of hydrogen-bond donors (Lipinski definition) is 4. The molecule has 4 bridgehead atoms. The van der Waals surface area contributed by atoms with Gasteiger partial charge in [-0.05, 0) is 64.7 Å². The first-order valence-electron chi connectivity index (χ1n) is 14.5. The highest BCUT2D eigenvalue weighted by Crippen LogP contribution is 2.46. The molecule has 3 rings (SSSR count). The highest BCUT2D eigenvalue weighted by atomic mass is 28.5. The lowest BCUT2D eigenvalue weighted by Gasteiger charge is -2.41. The SMILES string of the molecule is CC[C@@H]1O[Si](CCCN)(OC)O[Si]2(CCCN)O[C@@H]1[C@@H]1O[Si](CCCN)(O[Si](CCCN)(OC)O[C@@H]1CC)O2. The lowest BCUT2D eigenvalue weighted by molar-refractivity contribution is -0.0774. The van der Waals surface area contributed by atoms with Gasteiger partial charge in [0.2, 0.25) is 0 Å². The molecule has 39 heavy (non-hydrogen) atoms. The Morgan fingerprint density at radius 3 is 1.21 bits per heavy atom. The zero-order valence-corrected chi connectivity index (χ0v) is 28.2. The summed E-state index contributed by atoms with van der Waals surface area (Å²) in [5, 5.41) is 0. The first-order valence-corrected chi connectivity index (χ1v) is 22.2. The summed E-state index contributed by atoms with van der Waals surface area (Å²) < 4.78 is 60.8. The van der Waals surface area contributed by atoms with Gasteiger partial charge in [-0.15, -0.1) is 0 Å². The molecule has 0 spiro atoms. The normalized spacial score (nSPS) is 40.6. The van der Waals surface area contributed by atoms with E-state index in [9.17, 15) is 0 Å². The lowest BCUT2D eigenvalue weighted by atomic mass is 10.00. The largest absolute Gasteiger partial charge is 0.493 e. The van der Waals surface area contributed by atoms with Gasteiger partial charge >= 0.3 is 35.2 Å². The van der Waals surface area contributed by atoms with Gasteiger partial charge < -0.3 is 61.8 Å². The molecule has 8 atom stereocenters. The van der Waals surface area contributed by atoms with Crippen LogP contribution in [0.5, 0.6) is 0 Å². The van der Waals surface area contributed by atoms with Gasteiger partial charge in [-0.1, -0.05) is 13.8 Å². The summed E-state index contributed by atoms with van der Waals surface area (Å²) in [6.07, 6.45) is 2.21. The quantitative estimate of drug-likeness (QED) is 0.177. The molecule has 230 valence electrons. The van der Waals surface area contributed by atoms with Crippen molar-refractivity contribution >= 4 is 35.2 Å². The third kappa shape index (κ3) is 7.85. The van der Waals surface area contributed by atoms with Gasteiger partial charge in [-0.3, -0.25) is 0 Å². The van der Waals surface area contributed by atoms with E-state index in [1.807, 2.05) is 0 Å². The Balaban J connectivity index is 2.22. The lowest BCUT2D eigenvalue weighted by Crippen LogP contribution is -2.65. The minimum Gasteiger partial charge on any atom is -0.377 e. The van der Waals surface area contributed by atoms with Crippen molar-refractivity contribution in [2.24, 2.45) is 22.9 Å². The zero-order valence-electron chi connectivity index (χ0n) is 24.2. The van der Waals surface area contributed by atoms with E-state index in [1.165, 1.54) is 0 Å². The number of nitrogens with two attached hydrogens (primary N) is 4. The highest BCUT2D eigenvalue weighted by Gasteiger charge is 2.70. The first-order chi connectivity index (χ1) is 18.8. The molecule has 13 nitrogen and oxygen atoms in total. The van der Waals surface area contributed by atoms with Crippen LogP contribution in [0.15, 0.2) is 0 Å². The second-order valence-electron chi connectivity index (χ2n) is 10.3. The molecular formula is C22H52N4O9Si4. The third-order valence-electron chi connectivity index (χ3n) is 7.46. The first kappa shape index (κ1) is 33.8. The van der Waals surface area contributed by atoms with Crippen LogP contribution in [0.2, 0.25) is 24.2 Å². The Hall–Kier alpha value is 0.348. The van der Waals surface area contributed by atoms with Crippen molar-refractivity contribution in [3.63, 3.8) is 0 Å². The number of rotatable bonds is 16. The van der Waals surface area contributed by atoms with E-state index in [0.29, 0.717) is 88.9 Å². The standard InChI is InChI=1S/C22H52N4O9Si4/c1-5-19-21-22-20(6-2)30-37(28-4,16-8-12-24)34-39(32-22,18-10-14-26)35-38(31-21,17-9-13-25)33-36(27-3,29-19)15-7-11-23/h19-22H,5-18,23-26H2,1-4H3/t19-,20+,21-,22+,36?,37?,38?,39?. The molecule has 3 saturated heterocycles. The van der Waals surface area contributed by atoms with Gasteiger partial charge in [-0.2, -0.15) is 0 Å². The molecule has 3 aliphatic heterocycles. The minimum atomic E-state index is -3.55. The van der Waals surface area contributed by atoms with E-state index in [-0.39, 0.29) is 12.2 Å². The van der Waals surface area contributed by atoms with Crippen molar-refractivity contribution < 1.29 is 38.9 Å². The van der Waals surface area contributed by atoms with Gasteiger partial charge in [0.25, 0.3) is 0 Å². The Morgan fingerprint density at radius 2 is 0.897 bits per heavy atom. The van der Waals surface area contributed by atoms with Crippen LogP contribution in [0, 0.1) is 0 Å². The molecule has 8 N–H and O–H groups in total. The molecule has 0 aromatic heterocycles. The van der Waals surface area contributed by atoms with Crippen LogP contribution in [-0.4, -0.2) is 100 Å². The molecule has 0 radical (unpaired) electrons. The molecule has 4 unspecified atom stereocenters. The fourth-order valence-corrected chi connectivity index (χ4v) is 23.0. The summed E-state index contributed by atoms with van der Waals surface area (Å²) in [4.78, 5) is 0. The molecule has 3 heterocycles. The summed E-state index contributed by atoms with van der Waals surface area (Å²) in [5.74, 6) is 0. The molecule has 0 aromatic carbocycles. The predicted octanol–water partition coefficient (Wildman–Crippen LogP) is 0.881. The second kappa shape index (κ2) is 15.2. The van der Waals surface area contributed by atoms with Crippen LogP contribution in [-0.2, 0) is 38.9 Å². The maximum Gasteiger partial charge on any atom is 0.493 e. The molecule has 3 fully saturated rings. The van der Waals surface area contributed by atoms with Crippen molar-refractivity contribution in [1.82, 2.24) is 0 Å². The average Bonchev–Trinajstić information content (AvgIpc) is 3.25. The highest BCUT2D eigenvalue weighted by molar-refractivity contribution is 6.84. The minimum absolute atomic E-state index is 0.368. The monoisotopic (exact) mass is 628 g/mol. The Morgan fingerprint density at radius 1 is 0.538 bits per heavy atom. The van der Waals surface area contributed by atoms with E-state index in [4.69, 9.17) is 61.8 Å². The Labute approximate surface area is 238 Å². The molecule has 0 amide bonds. The van der Waals surface area contributed by atoms with E-state index in [2.05, 4.69) is 13.8 Å². The topological polar surface area (TPSA) is 187 Å². The predicted molar refractivity (Wildman–Crippen MR) is 154 cm³/mol. The van der Waals surface area contributed by atoms with Crippen LogP contribution < -0.4 is 22.9 Å². The maximum absolute atomic E-state index is 7.12. The van der Waals surface area contributed by atoms with Crippen molar-refractivity contribution in [3.8, 4) is 0 Å². The van der Waals surface area contributed by atoms with Crippen LogP contribution in [0.1, 0.15) is 52.4 Å². The molecule has 0 aromatic rings. The summed E-state index contributed by atoms with van der Waals surface area (Å²) in [6, 6.07) is 2.08. The van der Waals surface area contributed by atoms with Crippen LogP contribution >= 0.6 is 0 Å². The second-order valence-corrected chi connectivity index (χ2v) is 22.0. The number of fused-ring (bicyclic) bond motifs is 5. The van der Waals surface area contributed by atoms with Gasteiger partial charge in [0.15, 0.2) is 0 Å². The van der Waals surface area contributed by atoms with Crippen LogP contribution in [0.4, 0.5) is 0 Å². The van der Waals surface area contributed by atoms with Gasteiger partial charge in [0.05, 0.1) is 12.2 Å². The van der Waals surface area contributed by atoms with E-state index in [1.54, 1.807) is 14.2 Å². The number of hydrogen-bond acceptors (Lipinski definition) is 13. The molecule has 3 aliphatic rings. The van der Waals surface area contributed by atoms with Crippen molar-refractivity contribution in [3.05, 3.63) is 0 Å². The van der Waals surface area contributed by atoms with E-state index >= 15 is 0 Å². The molecular weight excluding hydrogens is 577 g/mol. The summed E-state index contributed by atoms with van der Waals surface area (Å²) in [5.41, 5.74) is 23.8. The Bertz CT molecular complexity index is 700. The fourth-order valence-electron chi connectivity index (χ4n) is 5.45. The van der Waals surface area contributed by atoms with Crippen LogP contribution in [0.3, 0.4) is 0 Å². The fraction of sp³-hybridized carbons (Fsp3) is 1.00. The Kier molecular flexibility index (Phi) is 13.2. The molecule has 17 heteroatoms. The van der Waals surface area contributed by atoms with Gasteiger partial charge in [0, 0.05) is 38.4 Å². The molecule has 0 saturated carbocycles. The third-order valence-corrected chi connectivity index (χ3v) is 22.6. The van der Waals surface area contributed by atoms with Gasteiger partial charge in [0.1, 0.15) is 12.2 Å². The maximum atomic E-state index is 7.12. The zero-order chi connectivity index (χ0) is 28.6. The van der Waals surface area contributed by atoms with E-state index < -0.39 is 47.4 Å². The van der Waals surface area contributed by atoms with Crippen LogP contribution in [0.25, 0.3) is 0 Å². The summed E-state index contributed by atoms with van der Waals surface area (Å²) in [7, 11) is -10.4. The average molecular weight is 629 g/mol. The smallest absolute Gasteiger partial charge is 0.377 e. The molecule has 0 aliphatic carbocycles. The van der Waals surface area contributed by atoms with Gasteiger partial charge in [-0.25, -0.2) is 0 Å². The van der Waals surface area contributed by atoms with Crippen molar-refractivity contribution in [2.75, 3.05) is 40.4 Å².